The first-order valence-electron chi connectivity index (χ1n) is 8.50. The van der Waals surface area contributed by atoms with Crippen LogP contribution in [0.4, 0.5) is 15.8 Å². The van der Waals surface area contributed by atoms with Crippen LogP contribution in [0, 0.1) is 5.82 Å². The van der Waals surface area contributed by atoms with Gasteiger partial charge in [-0.2, -0.15) is 5.10 Å². The molecule has 0 saturated carbocycles. The molecule has 0 atom stereocenters. The fraction of sp³-hybridized carbons (Fsp3) is 0.167. The average Bonchev–Trinajstić information content (AvgIpc) is 3.31. The first kappa shape index (κ1) is 18.1. The van der Waals surface area contributed by atoms with Gasteiger partial charge in [-0.05, 0) is 48.9 Å². The Labute approximate surface area is 160 Å². The molecule has 1 aliphatic rings. The lowest BCUT2D eigenvalue weighted by molar-refractivity contribution is 0.102. The van der Waals surface area contributed by atoms with Crippen molar-refractivity contribution in [2.24, 2.45) is 0 Å². The van der Waals surface area contributed by atoms with Gasteiger partial charge in [0.25, 0.3) is 5.91 Å². The van der Waals surface area contributed by atoms with Crippen molar-refractivity contribution >= 4 is 27.3 Å². The SMILES string of the molecule is O=C(Nc1ccc(-n2cncn2)c(F)c1)c1ccc(N2CCCS2(=O)=O)cc1. The van der Waals surface area contributed by atoms with Crippen LogP contribution in [0.5, 0.6) is 0 Å². The standard InChI is InChI=1S/C18H16FN5O3S/c19-16-10-14(4-7-17(16)23-12-20-11-21-23)22-18(25)13-2-5-15(6-3-13)24-8-1-9-28(24,26)27/h2-7,10-12H,1,8-9H2,(H,22,25). The maximum atomic E-state index is 14.3. The first-order valence-corrected chi connectivity index (χ1v) is 10.1. The largest absolute Gasteiger partial charge is 0.322 e. The second-order valence-electron chi connectivity index (χ2n) is 6.25. The van der Waals surface area contributed by atoms with Gasteiger partial charge in [0.05, 0.1) is 11.4 Å². The third-order valence-electron chi connectivity index (χ3n) is 4.39. The predicted octanol–water partition coefficient (Wildman–Crippen LogP) is 2.20. The number of nitrogens with zero attached hydrogens (tertiary/aromatic N) is 4. The summed E-state index contributed by atoms with van der Waals surface area (Å²) in [6, 6.07) is 10.5. The quantitative estimate of drug-likeness (QED) is 0.723. The van der Waals surface area contributed by atoms with E-state index >= 15 is 0 Å². The molecule has 1 amide bonds. The van der Waals surface area contributed by atoms with Crippen molar-refractivity contribution in [2.75, 3.05) is 21.9 Å². The summed E-state index contributed by atoms with van der Waals surface area (Å²) >= 11 is 0. The minimum atomic E-state index is -3.27. The molecule has 0 bridgehead atoms. The minimum absolute atomic E-state index is 0.130. The molecule has 4 rings (SSSR count). The summed E-state index contributed by atoms with van der Waals surface area (Å²) in [7, 11) is -3.27. The van der Waals surface area contributed by atoms with Gasteiger partial charge < -0.3 is 5.32 Å². The van der Waals surface area contributed by atoms with Gasteiger partial charge in [-0.25, -0.2) is 22.5 Å². The molecule has 0 unspecified atom stereocenters. The molecule has 0 aliphatic carbocycles. The monoisotopic (exact) mass is 401 g/mol. The summed E-state index contributed by atoms with van der Waals surface area (Å²) in [6.45, 7) is 0.436. The fourth-order valence-corrected chi connectivity index (χ4v) is 4.58. The zero-order valence-corrected chi connectivity index (χ0v) is 15.4. The number of amides is 1. The topological polar surface area (TPSA) is 97.2 Å². The summed E-state index contributed by atoms with van der Waals surface area (Å²) in [6.07, 6.45) is 3.26. The number of hydrogen-bond acceptors (Lipinski definition) is 5. The molecule has 28 heavy (non-hydrogen) atoms. The van der Waals surface area contributed by atoms with Gasteiger partial charge in [0.2, 0.25) is 10.0 Å². The maximum Gasteiger partial charge on any atom is 0.255 e. The normalized spacial score (nSPS) is 15.5. The third-order valence-corrected chi connectivity index (χ3v) is 6.26. The minimum Gasteiger partial charge on any atom is -0.322 e. The van der Waals surface area contributed by atoms with Crippen LogP contribution in [0.25, 0.3) is 5.69 Å². The van der Waals surface area contributed by atoms with E-state index < -0.39 is 21.7 Å². The van der Waals surface area contributed by atoms with Crippen LogP contribution in [0.15, 0.2) is 55.1 Å². The average molecular weight is 401 g/mol. The van der Waals surface area contributed by atoms with E-state index in [2.05, 4.69) is 15.4 Å². The zero-order chi connectivity index (χ0) is 19.7. The van der Waals surface area contributed by atoms with Crippen LogP contribution in [-0.4, -0.2) is 41.4 Å². The van der Waals surface area contributed by atoms with Gasteiger partial charge in [-0.1, -0.05) is 0 Å². The molecule has 0 spiro atoms. The van der Waals surface area contributed by atoms with Crippen LogP contribution in [-0.2, 0) is 10.0 Å². The van der Waals surface area contributed by atoms with Crippen molar-refractivity contribution in [3.63, 3.8) is 0 Å². The predicted molar refractivity (Wildman–Crippen MR) is 101 cm³/mol. The first-order chi connectivity index (χ1) is 13.4. The van der Waals surface area contributed by atoms with Crippen molar-refractivity contribution < 1.29 is 17.6 Å². The Morgan fingerprint density at radius 3 is 2.54 bits per heavy atom. The number of carbonyl (C=O) groups is 1. The summed E-state index contributed by atoms with van der Waals surface area (Å²) in [4.78, 5) is 16.2. The Morgan fingerprint density at radius 2 is 1.93 bits per heavy atom. The molecule has 1 saturated heterocycles. The highest BCUT2D eigenvalue weighted by Gasteiger charge is 2.28. The number of nitrogens with one attached hydrogen (secondary N) is 1. The van der Waals surface area contributed by atoms with Crippen molar-refractivity contribution in [3.05, 3.63) is 66.5 Å². The molecule has 2 aromatic carbocycles. The maximum absolute atomic E-state index is 14.3. The van der Waals surface area contributed by atoms with Gasteiger partial charge in [0, 0.05) is 17.8 Å². The Morgan fingerprint density at radius 1 is 1.14 bits per heavy atom. The summed E-state index contributed by atoms with van der Waals surface area (Å²) in [5.74, 6) is -0.854. The second-order valence-corrected chi connectivity index (χ2v) is 8.26. The molecule has 144 valence electrons. The molecule has 2 heterocycles. The van der Waals surface area contributed by atoms with Crippen LogP contribution in [0.1, 0.15) is 16.8 Å². The van der Waals surface area contributed by atoms with Gasteiger partial charge in [-0.15, -0.1) is 0 Å². The molecule has 1 aliphatic heterocycles. The summed E-state index contributed by atoms with van der Waals surface area (Å²) in [5.41, 5.74) is 1.36. The number of rotatable bonds is 4. The number of carbonyl (C=O) groups excluding carboxylic acids is 1. The number of benzene rings is 2. The highest BCUT2D eigenvalue weighted by molar-refractivity contribution is 7.93. The number of aromatic nitrogens is 3. The Hall–Kier alpha value is -3.27. The molecule has 1 fully saturated rings. The van der Waals surface area contributed by atoms with Gasteiger partial charge in [0.1, 0.15) is 18.3 Å². The van der Waals surface area contributed by atoms with Crippen LogP contribution < -0.4 is 9.62 Å². The molecule has 10 heteroatoms. The number of halogens is 1. The van der Waals surface area contributed by atoms with E-state index in [1.807, 2.05) is 0 Å². The lowest BCUT2D eigenvalue weighted by Crippen LogP contribution is -2.25. The van der Waals surface area contributed by atoms with Gasteiger partial charge in [-0.3, -0.25) is 9.10 Å². The number of sulfonamides is 1. The second kappa shape index (κ2) is 7.04. The van der Waals surface area contributed by atoms with Crippen LogP contribution in [0.2, 0.25) is 0 Å². The van der Waals surface area contributed by atoms with E-state index in [4.69, 9.17) is 0 Å². The Balaban J connectivity index is 1.49. The third kappa shape index (κ3) is 3.46. The molecular weight excluding hydrogens is 385 g/mol. The van der Waals surface area contributed by atoms with E-state index in [9.17, 15) is 17.6 Å². The molecule has 0 radical (unpaired) electrons. The Bertz CT molecular complexity index is 1110. The van der Waals surface area contributed by atoms with Crippen molar-refractivity contribution in [1.29, 1.82) is 0 Å². The zero-order valence-electron chi connectivity index (χ0n) is 14.6. The number of anilines is 2. The molecule has 8 nitrogen and oxygen atoms in total. The summed E-state index contributed by atoms with van der Waals surface area (Å²) in [5, 5.41) is 6.49. The van der Waals surface area contributed by atoms with Crippen molar-refractivity contribution in [2.45, 2.75) is 6.42 Å². The number of hydrogen-bond donors (Lipinski definition) is 1. The van der Waals surface area contributed by atoms with Gasteiger partial charge in [0.15, 0.2) is 5.82 Å². The van der Waals surface area contributed by atoms with Crippen LogP contribution >= 0.6 is 0 Å². The summed E-state index contributed by atoms with van der Waals surface area (Å²) < 4.78 is 40.8. The highest BCUT2D eigenvalue weighted by atomic mass is 32.2. The van der Waals surface area contributed by atoms with Crippen molar-refractivity contribution in [1.82, 2.24) is 14.8 Å². The van der Waals surface area contributed by atoms with Crippen molar-refractivity contribution in [3.8, 4) is 5.69 Å². The lowest BCUT2D eigenvalue weighted by atomic mass is 10.2. The van der Waals surface area contributed by atoms with E-state index in [-0.39, 0.29) is 17.1 Å². The molecular formula is C18H16FN5O3S. The lowest BCUT2D eigenvalue weighted by Gasteiger charge is -2.17. The van der Waals surface area contributed by atoms with E-state index in [1.165, 1.54) is 33.8 Å². The van der Waals surface area contributed by atoms with E-state index in [1.54, 1.807) is 30.3 Å². The smallest absolute Gasteiger partial charge is 0.255 e. The molecule has 1 N–H and O–H groups in total. The van der Waals surface area contributed by atoms with E-state index in [0.717, 1.165) is 0 Å². The van der Waals surface area contributed by atoms with Gasteiger partial charge >= 0.3 is 0 Å². The fourth-order valence-electron chi connectivity index (χ4n) is 3.01. The molecule has 1 aromatic heterocycles. The van der Waals surface area contributed by atoms with Crippen LogP contribution in [0.3, 0.4) is 0 Å². The highest BCUT2D eigenvalue weighted by Crippen LogP contribution is 2.24. The van der Waals surface area contributed by atoms with E-state index in [0.29, 0.717) is 24.2 Å². The molecule has 3 aromatic rings. The Kier molecular flexibility index (Phi) is 4.55.